The topological polar surface area (TPSA) is 29.1 Å². The van der Waals surface area contributed by atoms with Crippen molar-refractivity contribution >= 4 is 53.0 Å². The number of carbonyl (C=O) groups excluding carboxylic acids is 1. The van der Waals surface area contributed by atoms with Crippen LogP contribution in [0.5, 0.6) is 0 Å². The van der Waals surface area contributed by atoms with Crippen molar-refractivity contribution in [3.8, 4) is 0 Å². The predicted octanol–water partition coefficient (Wildman–Crippen LogP) is 6.18. The summed E-state index contributed by atoms with van der Waals surface area (Å²) in [6.45, 7) is 1.98. The maximum absolute atomic E-state index is 12.6. The predicted molar refractivity (Wildman–Crippen MR) is 112 cm³/mol. The van der Waals surface area contributed by atoms with Crippen LogP contribution in [0.2, 0.25) is 0 Å². The van der Waals surface area contributed by atoms with E-state index in [1.807, 2.05) is 49.4 Å². The molecule has 0 aliphatic rings. The summed E-state index contributed by atoms with van der Waals surface area (Å²) >= 11 is 6.91. The van der Waals surface area contributed by atoms with Crippen LogP contribution >= 0.6 is 31.9 Å². The van der Waals surface area contributed by atoms with Gasteiger partial charge in [0, 0.05) is 4.48 Å². The second-order valence-corrected chi connectivity index (χ2v) is 7.38. The van der Waals surface area contributed by atoms with Gasteiger partial charge in [-0.15, -0.1) is 0 Å². The number of benzene rings is 3. The second-order valence-electron chi connectivity index (χ2n) is 5.80. The summed E-state index contributed by atoms with van der Waals surface area (Å²) in [5.74, 6) is -0.156. The summed E-state index contributed by atoms with van der Waals surface area (Å²) in [5, 5.41) is 5.40. The Morgan fingerprint density at radius 1 is 0.880 bits per heavy atom. The van der Waals surface area contributed by atoms with Crippen molar-refractivity contribution in [3.05, 3.63) is 88.4 Å². The third kappa shape index (κ3) is 4.20. The second kappa shape index (κ2) is 7.98. The Bertz CT molecular complexity index is 935. The molecule has 4 heteroatoms. The van der Waals surface area contributed by atoms with Gasteiger partial charge in [0.25, 0.3) is 5.91 Å². The summed E-state index contributed by atoms with van der Waals surface area (Å²) < 4.78 is 1.21. The summed E-state index contributed by atoms with van der Waals surface area (Å²) in [6, 6.07) is 24.1. The fraction of sp³-hybridized carbons (Fsp3) is 0.0952. The molecule has 0 aliphatic heterocycles. The minimum atomic E-state index is -0.156. The molecule has 0 aromatic heterocycles. The number of hydrogen-bond acceptors (Lipinski definition) is 1. The lowest BCUT2D eigenvalue weighted by molar-refractivity contribution is -0.117. The normalized spacial score (nSPS) is 13.2. The van der Waals surface area contributed by atoms with Crippen LogP contribution in [0.25, 0.3) is 15.3 Å². The quantitative estimate of drug-likeness (QED) is 0.465. The summed E-state index contributed by atoms with van der Waals surface area (Å²) in [6.07, 6.45) is 0. The minimum Gasteiger partial charge on any atom is -0.345 e. The fourth-order valence-corrected chi connectivity index (χ4v) is 3.42. The lowest BCUT2D eigenvalue weighted by Gasteiger charge is -2.15. The van der Waals surface area contributed by atoms with E-state index in [0.29, 0.717) is 4.48 Å². The number of halogens is 2. The first-order valence-corrected chi connectivity index (χ1v) is 9.55. The van der Waals surface area contributed by atoms with E-state index < -0.39 is 0 Å². The fourth-order valence-electron chi connectivity index (χ4n) is 2.63. The average molecular weight is 459 g/mol. The first-order valence-electron chi connectivity index (χ1n) is 7.96. The zero-order valence-electron chi connectivity index (χ0n) is 13.7. The van der Waals surface area contributed by atoms with Crippen molar-refractivity contribution in [2.45, 2.75) is 13.0 Å². The van der Waals surface area contributed by atoms with Crippen LogP contribution in [0.1, 0.15) is 24.1 Å². The molecule has 3 aromatic carbocycles. The van der Waals surface area contributed by atoms with Crippen LogP contribution in [-0.2, 0) is 4.79 Å². The van der Waals surface area contributed by atoms with Gasteiger partial charge < -0.3 is 5.32 Å². The Balaban J connectivity index is 1.79. The van der Waals surface area contributed by atoms with Crippen molar-refractivity contribution in [2.75, 3.05) is 0 Å². The van der Waals surface area contributed by atoms with Gasteiger partial charge in [-0.05, 0) is 66.7 Å². The van der Waals surface area contributed by atoms with Crippen LogP contribution in [0, 0.1) is 0 Å². The third-order valence-electron chi connectivity index (χ3n) is 4.04. The molecule has 0 heterocycles. The molecule has 0 saturated carbocycles. The number of amides is 1. The standard InChI is InChI=1S/C21H17Br2NO/c1-14(17-12-11-15-7-5-6-10-18(15)13-17)24-21(25)20(23)19(22)16-8-3-2-4-9-16/h2-14H,1H3,(H,24,25)/b20-19+/t14-/m0/s1. The molecule has 0 radical (unpaired) electrons. The van der Waals surface area contributed by atoms with E-state index in [4.69, 9.17) is 0 Å². The highest BCUT2D eigenvalue weighted by molar-refractivity contribution is 9.16. The van der Waals surface area contributed by atoms with Gasteiger partial charge in [0.05, 0.1) is 10.5 Å². The van der Waals surface area contributed by atoms with Crippen LogP contribution in [0.4, 0.5) is 0 Å². The molecule has 0 bridgehead atoms. The number of carbonyl (C=O) groups is 1. The van der Waals surface area contributed by atoms with Crippen molar-refractivity contribution < 1.29 is 4.79 Å². The molecule has 0 aliphatic carbocycles. The SMILES string of the molecule is C[C@H](NC(=O)/C(Br)=C(\Br)c1ccccc1)c1ccc2ccccc2c1. The van der Waals surface area contributed by atoms with E-state index in [0.717, 1.165) is 15.6 Å². The molecule has 1 amide bonds. The number of fused-ring (bicyclic) bond motifs is 1. The Morgan fingerprint density at radius 2 is 1.52 bits per heavy atom. The maximum Gasteiger partial charge on any atom is 0.259 e. The molecule has 0 unspecified atom stereocenters. The molecule has 1 N–H and O–H groups in total. The smallest absolute Gasteiger partial charge is 0.259 e. The molecule has 2 nitrogen and oxygen atoms in total. The minimum absolute atomic E-state index is 0.0965. The van der Waals surface area contributed by atoms with Gasteiger partial charge in [-0.2, -0.15) is 0 Å². The largest absolute Gasteiger partial charge is 0.345 e. The molecule has 3 aromatic rings. The number of rotatable bonds is 4. The Morgan fingerprint density at radius 3 is 2.24 bits per heavy atom. The lowest BCUT2D eigenvalue weighted by Crippen LogP contribution is -2.26. The summed E-state index contributed by atoms with van der Waals surface area (Å²) in [7, 11) is 0. The van der Waals surface area contributed by atoms with Gasteiger partial charge in [0.1, 0.15) is 0 Å². The number of nitrogens with one attached hydrogen (secondary N) is 1. The zero-order chi connectivity index (χ0) is 17.8. The van der Waals surface area contributed by atoms with Gasteiger partial charge in [0.15, 0.2) is 0 Å². The average Bonchev–Trinajstić information content (AvgIpc) is 2.67. The lowest BCUT2D eigenvalue weighted by atomic mass is 10.0. The van der Waals surface area contributed by atoms with Gasteiger partial charge in [-0.25, -0.2) is 0 Å². The van der Waals surface area contributed by atoms with Crippen molar-refractivity contribution in [2.24, 2.45) is 0 Å². The van der Waals surface area contributed by atoms with Gasteiger partial charge in [0.2, 0.25) is 0 Å². The highest BCUT2D eigenvalue weighted by atomic mass is 79.9. The molecule has 0 saturated heterocycles. The van der Waals surface area contributed by atoms with E-state index in [1.165, 1.54) is 10.8 Å². The molecule has 0 spiro atoms. The van der Waals surface area contributed by atoms with E-state index in [-0.39, 0.29) is 11.9 Å². The van der Waals surface area contributed by atoms with E-state index in [9.17, 15) is 4.79 Å². The van der Waals surface area contributed by atoms with Crippen LogP contribution in [0.3, 0.4) is 0 Å². The van der Waals surface area contributed by atoms with Crippen molar-refractivity contribution in [1.29, 1.82) is 0 Å². The van der Waals surface area contributed by atoms with Crippen molar-refractivity contribution in [1.82, 2.24) is 5.32 Å². The van der Waals surface area contributed by atoms with E-state index >= 15 is 0 Å². The third-order valence-corrected chi connectivity index (χ3v) is 6.18. The molecule has 3 rings (SSSR count). The summed E-state index contributed by atoms with van der Waals surface area (Å²) in [4.78, 5) is 12.6. The Hall–Kier alpha value is -1.91. The van der Waals surface area contributed by atoms with Crippen molar-refractivity contribution in [3.63, 3.8) is 0 Å². The molecule has 0 fully saturated rings. The van der Waals surface area contributed by atoms with E-state index in [1.54, 1.807) is 0 Å². The Labute approximate surface area is 164 Å². The van der Waals surface area contributed by atoms with E-state index in [2.05, 4.69) is 67.5 Å². The van der Waals surface area contributed by atoms with Gasteiger partial charge in [-0.3, -0.25) is 4.79 Å². The zero-order valence-corrected chi connectivity index (χ0v) is 16.8. The molecule has 25 heavy (non-hydrogen) atoms. The van der Waals surface area contributed by atoms with Crippen LogP contribution in [0.15, 0.2) is 77.3 Å². The number of hydrogen-bond donors (Lipinski definition) is 1. The van der Waals surface area contributed by atoms with Crippen LogP contribution in [-0.4, -0.2) is 5.91 Å². The Kier molecular flexibility index (Phi) is 5.71. The highest BCUT2D eigenvalue weighted by Crippen LogP contribution is 2.29. The summed E-state index contributed by atoms with van der Waals surface area (Å²) in [5.41, 5.74) is 2.02. The first-order chi connectivity index (χ1) is 12.1. The maximum atomic E-state index is 12.6. The molecule has 126 valence electrons. The molecular formula is C21H17Br2NO. The first kappa shape index (κ1) is 17.9. The molecular weight excluding hydrogens is 442 g/mol. The monoisotopic (exact) mass is 457 g/mol. The molecule has 1 atom stereocenters. The highest BCUT2D eigenvalue weighted by Gasteiger charge is 2.16. The van der Waals surface area contributed by atoms with Gasteiger partial charge >= 0.3 is 0 Å². The van der Waals surface area contributed by atoms with Gasteiger partial charge in [-0.1, -0.05) is 66.7 Å². The van der Waals surface area contributed by atoms with Crippen LogP contribution < -0.4 is 5.32 Å².